The first kappa shape index (κ1) is 14.7. The van der Waals surface area contributed by atoms with Crippen molar-refractivity contribution in [2.24, 2.45) is 0 Å². The van der Waals surface area contributed by atoms with Gasteiger partial charge in [0.15, 0.2) is 0 Å². The minimum absolute atomic E-state index is 0.141. The summed E-state index contributed by atoms with van der Waals surface area (Å²) in [5.74, 6) is -0.980. The predicted octanol–water partition coefficient (Wildman–Crippen LogP) is 2.88. The van der Waals surface area contributed by atoms with Gasteiger partial charge < -0.3 is 9.30 Å². The third-order valence-electron chi connectivity index (χ3n) is 3.59. The van der Waals surface area contributed by atoms with Crippen molar-refractivity contribution in [3.8, 4) is 6.07 Å². The lowest BCUT2D eigenvalue weighted by molar-refractivity contribution is 0.0589. The smallest absolute Gasteiger partial charge is 0.356 e. The van der Waals surface area contributed by atoms with E-state index in [2.05, 4.69) is 4.98 Å². The maximum atomic E-state index is 13.4. The number of benzene rings is 1. The van der Waals surface area contributed by atoms with Crippen molar-refractivity contribution < 1.29 is 13.9 Å². The Balaban J connectivity index is 2.26. The van der Waals surface area contributed by atoms with E-state index in [0.717, 1.165) is 0 Å². The number of rotatable bonds is 3. The molecule has 0 aliphatic carbocycles. The molecule has 0 amide bonds. The number of fused-ring (bicyclic) bond motifs is 1. The van der Waals surface area contributed by atoms with Crippen LogP contribution in [0.5, 0.6) is 0 Å². The number of ether oxygens (including phenoxy) is 1. The molecule has 0 atom stereocenters. The summed E-state index contributed by atoms with van der Waals surface area (Å²) in [5, 5.41) is 10.0. The van der Waals surface area contributed by atoms with Crippen LogP contribution >= 0.6 is 0 Å². The lowest BCUT2D eigenvalue weighted by Crippen LogP contribution is -2.13. The number of pyridine rings is 1. The Kier molecular flexibility index (Phi) is 3.77. The van der Waals surface area contributed by atoms with Crippen molar-refractivity contribution in [1.82, 2.24) is 9.55 Å². The van der Waals surface area contributed by atoms with Crippen molar-refractivity contribution in [3.05, 3.63) is 65.4 Å². The molecule has 0 aliphatic rings. The zero-order valence-corrected chi connectivity index (χ0v) is 12.3. The van der Waals surface area contributed by atoms with E-state index in [1.54, 1.807) is 35.2 Å². The molecule has 0 N–H and O–H groups in total. The van der Waals surface area contributed by atoms with Crippen LogP contribution in [0.1, 0.15) is 21.6 Å². The van der Waals surface area contributed by atoms with Gasteiger partial charge in [0.05, 0.1) is 24.4 Å². The number of carbonyl (C=O) groups is 1. The normalized spacial score (nSPS) is 10.5. The lowest BCUT2D eigenvalue weighted by atomic mass is 10.2. The van der Waals surface area contributed by atoms with Crippen LogP contribution in [-0.2, 0) is 11.3 Å². The van der Waals surface area contributed by atoms with Gasteiger partial charge in [-0.3, -0.25) is 4.98 Å². The van der Waals surface area contributed by atoms with Gasteiger partial charge in [-0.25, -0.2) is 9.18 Å². The molecule has 5 nitrogen and oxygen atoms in total. The number of halogens is 1. The van der Waals surface area contributed by atoms with E-state index in [9.17, 15) is 14.4 Å². The molecule has 0 bridgehead atoms. The maximum absolute atomic E-state index is 13.4. The molecule has 0 saturated heterocycles. The van der Waals surface area contributed by atoms with Gasteiger partial charge >= 0.3 is 5.97 Å². The Morgan fingerprint density at radius 1 is 1.43 bits per heavy atom. The van der Waals surface area contributed by atoms with Crippen LogP contribution in [0.2, 0.25) is 0 Å². The number of esters is 1. The van der Waals surface area contributed by atoms with Crippen LogP contribution in [0.15, 0.2) is 42.7 Å². The summed E-state index contributed by atoms with van der Waals surface area (Å²) in [6.45, 7) is 0.228. The highest BCUT2D eigenvalue weighted by Crippen LogP contribution is 2.26. The van der Waals surface area contributed by atoms with Gasteiger partial charge in [-0.15, -0.1) is 0 Å². The molecule has 0 fully saturated rings. The Labute approximate surface area is 131 Å². The van der Waals surface area contributed by atoms with Gasteiger partial charge in [-0.05, 0) is 23.8 Å². The molecule has 0 radical (unpaired) electrons. The second kappa shape index (κ2) is 5.89. The number of carbonyl (C=O) groups excluding carboxylic acids is 1. The minimum atomic E-state index is -0.617. The van der Waals surface area contributed by atoms with Crippen molar-refractivity contribution in [1.29, 1.82) is 5.26 Å². The van der Waals surface area contributed by atoms with E-state index in [1.807, 2.05) is 6.07 Å². The van der Waals surface area contributed by atoms with Gasteiger partial charge in [0.1, 0.15) is 17.6 Å². The van der Waals surface area contributed by atoms with Gasteiger partial charge in [-0.1, -0.05) is 12.1 Å². The average molecular weight is 309 g/mol. The first-order chi connectivity index (χ1) is 11.2. The van der Waals surface area contributed by atoms with Gasteiger partial charge in [0.25, 0.3) is 0 Å². The summed E-state index contributed by atoms with van der Waals surface area (Å²) >= 11 is 0. The van der Waals surface area contributed by atoms with E-state index < -0.39 is 5.97 Å². The van der Waals surface area contributed by atoms with E-state index in [1.165, 1.54) is 19.2 Å². The van der Waals surface area contributed by atoms with E-state index >= 15 is 0 Å². The second-order valence-electron chi connectivity index (χ2n) is 4.94. The third-order valence-corrected chi connectivity index (χ3v) is 3.59. The van der Waals surface area contributed by atoms with E-state index in [4.69, 9.17) is 4.74 Å². The molecular weight excluding hydrogens is 297 g/mol. The summed E-state index contributed by atoms with van der Waals surface area (Å²) < 4.78 is 19.8. The quantitative estimate of drug-likeness (QED) is 0.698. The minimum Gasteiger partial charge on any atom is -0.464 e. The van der Waals surface area contributed by atoms with Gasteiger partial charge in [0, 0.05) is 18.1 Å². The van der Waals surface area contributed by atoms with Crippen LogP contribution < -0.4 is 0 Å². The number of aromatic nitrogens is 2. The zero-order chi connectivity index (χ0) is 16.4. The Morgan fingerprint density at radius 3 is 2.96 bits per heavy atom. The molecule has 0 saturated carbocycles. The van der Waals surface area contributed by atoms with Crippen LogP contribution in [0.4, 0.5) is 4.39 Å². The molecular formula is C17H12FN3O2. The van der Waals surface area contributed by atoms with E-state index in [0.29, 0.717) is 16.5 Å². The zero-order valence-electron chi connectivity index (χ0n) is 12.3. The van der Waals surface area contributed by atoms with Crippen LogP contribution in [-0.4, -0.2) is 22.6 Å². The third kappa shape index (κ3) is 2.53. The fourth-order valence-corrected chi connectivity index (χ4v) is 2.60. The maximum Gasteiger partial charge on any atom is 0.356 e. The predicted molar refractivity (Wildman–Crippen MR) is 81.3 cm³/mol. The highest BCUT2D eigenvalue weighted by atomic mass is 19.1. The Hall–Kier alpha value is -3.20. The monoisotopic (exact) mass is 309 g/mol. The first-order valence-electron chi connectivity index (χ1n) is 6.84. The SMILES string of the molecule is COC(=O)c1c(C#N)c2ccncc2n1Cc1cccc(F)c1. The van der Waals surface area contributed by atoms with Crippen LogP contribution in [0, 0.1) is 17.1 Å². The Morgan fingerprint density at radius 2 is 2.26 bits per heavy atom. The van der Waals surface area contributed by atoms with E-state index in [-0.39, 0.29) is 23.6 Å². The van der Waals surface area contributed by atoms with Crippen molar-refractivity contribution in [2.45, 2.75) is 6.54 Å². The fourth-order valence-electron chi connectivity index (χ4n) is 2.60. The molecule has 2 heterocycles. The second-order valence-corrected chi connectivity index (χ2v) is 4.94. The number of nitrogens with zero attached hydrogens (tertiary/aromatic N) is 3. The molecule has 6 heteroatoms. The van der Waals surface area contributed by atoms with Crippen molar-refractivity contribution >= 4 is 16.9 Å². The van der Waals surface area contributed by atoms with Gasteiger partial charge in [-0.2, -0.15) is 5.26 Å². The van der Waals surface area contributed by atoms with Gasteiger partial charge in [0.2, 0.25) is 0 Å². The molecule has 0 unspecified atom stereocenters. The molecule has 2 aromatic heterocycles. The molecule has 114 valence electrons. The van der Waals surface area contributed by atoms with Crippen molar-refractivity contribution in [3.63, 3.8) is 0 Å². The summed E-state index contributed by atoms with van der Waals surface area (Å²) in [5.41, 5.74) is 1.65. The molecule has 1 aromatic carbocycles. The first-order valence-corrected chi connectivity index (χ1v) is 6.84. The summed E-state index contributed by atoms with van der Waals surface area (Å²) in [7, 11) is 1.26. The lowest BCUT2D eigenvalue weighted by Gasteiger charge is -2.09. The highest BCUT2D eigenvalue weighted by Gasteiger charge is 2.23. The number of hydrogen-bond acceptors (Lipinski definition) is 4. The summed E-state index contributed by atoms with van der Waals surface area (Å²) in [6, 6.07) is 9.79. The standard InChI is InChI=1S/C17H12FN3O2/c1-23-17(22)16-14(8-19)13-5-6-20-9-15(13)21(16)10-11-3-2-4-12(18)7-11/h2-7,9H,10H2,1H3. The number of nitriles is 1. The van der Waals surface area contributed by atoms with Crippen LogP contribution in [0.25, 0.3) is 10.9 Å². The number of methoxy groups -OCH3 is 1. The average Bonchev–Trinajstić information content (AvgIpc) is 2.88. The molecule has 0 aliphatic heterocycles. The number of hydrogen-bond donors (Lipinski definition) is 0. The molecule has 23 heavy (non-hydrogen) atoms. The summed E-state index contributed by atoms with van der Waals surface area (Å²) in [6.07, 6.45) is 3.12. The largest absolute Gasteiger partial charge is 0.464 e. The topological polar surface area (TPSA) is 67.9 Å². The molecule has 0 spiro atoms. The molecule has 3 rings (SSSR count). The summed E-state index contributed by atoms with van der Waals surface area (Å²) in [4.78, 5) is 16.2. The Bertz CT molecular complexity index is 941. The molecule has 3 aromatic rings. The van der Waals surface area contributed by atoms with Crippen molar-refractivity contribution in [2.75, 3.05) is 7.11 Å². The van der Waals surface area contributed by atoms with Crippen LogP contribution in [0.3, 0.4) is 0 Å². The highest BCUT2D eigenvalue weighted by molar-refractivity contribution is 6.00. The fraction of sp³-hybridized carbons (Fsp3) is 0.118.